The standard InChI is InChI=1S/C14H21NO5S/c1-5-15(14(3,4)13(16)17)21(18,19)12-9-7-11(8-10-12)20-6-2/h7-10H,5-6H2,1-4H3,(H,16,17). The Morgan fingerprint density at radius 1 is 1.24 bits per heavy atom. The van der Waals surface area contributed by atoms with Gasteiger partial charge >= 0.3 is 5.97 Å². The predicted octanol–water partition coefficient (Wildman–Crippen LogP) is 1.96. The number of rotatable bonds is 7. The number of carboxylic acids is 1. The minimum absolute atomic E-state index is 0.0436. The summed E-state index contributed by atoms with van der Waals surface area (Å²) in [6.45, 7) is 6.72. The Labute approximate surface area is 125 Å². The predicted molar refractivity (Wildman–Crippen MR) is 78.9 cm³/mol. The van der Waals surface area contributed by atoms with Gasteiger partial charge in [0, 0.05) is 6.54 Å². The first-order valence-electron chi connectivity index (χ1n) is 6.67. The molecule has 0 radical (unpaired) electrons. The zero-order chi connectivity index (χ0) is 16.3. The van der Waals surface area contributed by atoms with Crippen LogP contribution in [0, 0.1) is 0 Å². The largest absolute Gasteiger partial charge is 0.494 e. The Kier molecular flexibility index (Phi) is 5.36. The van der Waals surface area contributed by atoms with Crippen LogP contribution in [0.4, 0.5) is 0 Å². The Balaban J connectivity index is 3.22. The summed E-state index contributed by atoms with van der Waals surface area (Å²) in [6.07, 6.45) is 0. The smallest absolute Gasteiger partial charge is 0.324 e. The molecule has 0 fully saturated rings. The van der Waals surface area contributed by atoms with E-state index in [0.29, 0.717) is 12.4 Å². The van der Waals surface area contributed by atoms with Gasteiger partial charge in [-0.3, -0.25) is 4.79 Å². The lowest BCUT2D eigenvalue weighted by molar-refractivity contribution is -0.146. The van der Waals surface area contributed by atoms with E-state index in [1.54, 1.807) is 19.1 Å². The van der Waals surface area contributed by atoms with Gasteiger partial charge in [0.05, 0.1) is 11.5 Å². The van der Waals surface area contributed by atoms with Crippen LogP contribution >= 0.6 is 0 Å². The van der Waals surface area contributed by atoms with Crippen molar-refractivity contribution in [2.45, 2.75) is 38.1 Å². The van der Waals surface area contributed by atoms with Crippen molar-refractivity contribution in [3.63, 3.8) is 0 Å². The van der Waals surface area contributed by atoms with Gasteiger partial charge in [-0.15, -0.1) is 0 Å². The fourth-order valence-electron chi connectivity index (χ4n) is 1.97. The van der Waals surface area contributed by atoms with Crippen LogP contribution in [0.15, 0.2) is 29.2 Å². The highest BCUT2D eigenvalue weighted by Crippen LogP contribution is 2.26. The number of benzene rings is 1. The van der Waals surface area contributed by atoms with E-state index in [2.05, 4.69) is 0 Å². The van der Waals surface area contributed by atoms with E-state index in [4.69, 9.17) is 4.74 Å². The number of hydrogen-bond donors (Lipinski definition) is 1. The molecule has 6 nitrogen and oxygen atoms in total. The van der Waals surface area contributed by atoms with E-state index in [1.165, 1.54) is 26.0 Å². The molecule has 0 atom stereocenters. The molecule has 0 spiro atoms. The molecule has 0 aromatic heterocycles. The van der Waals surface area contributed by atoms with E-state index in [9.17, 15) is 18.3 Å². The van der Waals surface area contributed by atoms with Gasteiger partial charge in [-0.1, -0.05) is 6.92 Å². The molecular weight excluding hydrogens is 294 g/mol. The quantitative estimate of drug-likeness (QED) is 0.831. The Hall–Kier alpha value is -1.60. The van der Waals surface area contributed by atoms with Crippen LogP contribution in [0.25, 0.3) is 0 Å². The lowest BCUT2D eigenvalue weighted by atomic mass is 10.1. The number of likely N-dealkylation sites (N-methyl/N-ethyl adjacent to an activating group) is 1. The average Bonchev–Trinajstić information content (AvgIpc) is 2.39. The Morgan fingerprint density at radius 3 is 2.14 bits per heavy atom. The van der Waals surface area contributed by atoms with Gasteiger partial charge in [0.2, 0.25) is 10.0 Å². The first-order valence-corrected chi connectivity index (χ1v) is 8.11. The van der Waals surface area contributed by atoms with Gasteiger partial charge in [-0.05, 0) is 45.0 Å². The maximum Gasteiger partial charge on any atom is 0.324 e. The lowest BCUT2D eigenvalue weighted by Gasteiger charge is -2.33. The molecule has 0 aliphatic heterocycles. The molecule has 1 aromatic carbocycles. The molecule has 1 rings (SSSR count). The minimum atomic E-state index is -3.89. The highest BCUT2D eigenvalue weighted by molar-refractivity contribution is 7.89. The van der Waals surface area contributed by atoms with Gasteiger partial charge in [0.1, 0.15) is 11.3 Å². The normalized spacial score (nSPS) is 12.4. The molecule has 0 amide bonds. The van der Waals surface area contributed by atoms with Crippen LogP contribution in [0.1, 0.15) is 27.7 Å². The van der Waals surface area contributed by atoms with E-state index in [-0.39, 0.29) is 11.4 Å². The molecule has 0 unspecified atom stereocenters. The topological polar surface area (TPSA) is 83.9 Å². The maximum absolute atomic E-state index is 12.6. The fraction of sp³-hybridized carbons (Fsp3) is 0.500. The molecule has 0 saturated heterocycles. The monoisotopic (exact) mass is 315 g/mol. The van der Waals surface area contributed by atoms with Crippen LogP contribution in [0.5, 0.6) is 5.75 Å². The zero-order valence-corrected chi connectivity index (χ0v) is 13.5. The fourth-order valence-corrected chi connectivity index (χ4v) is 3.73. The van der Waals surface area contributed by atoms with Crippen LogP contribution in [0.2, 0.25) is 0 Å². The lowest BCUT2D eigenvalue weighted by Crippen LogP contribution is -2.52. The summed E-state index contributed by atoms with van der Waals surface area (Å²) >= 11 is 0. The summed E-state index contributed by atoms with van der Waals surface area (Å²) in [6, 6.07) is 5.94. The SMILES string of the molecule is CCOc1ccc(S(=O)(=O)N(CC)C(C)(C)C(=O)O)cc1. The third kappa shape index (κ3) is 3.54. The number of aliphatic carboxylic acids is 1. The molecule has 0 heterocycles. The van der Waals surface area contributed by atoms with Crippen molar-refractivity contribution in [3.8, 4) is 5.75 Å². The van der Waals surface area contributed by atoms with Gasteiger partial charge in [0.25, 0.3) is 0 Å². The highest BCUT2D eigenvalue weighted by atomic mass is 32.2. The molecule has 118 valence electrons. The van der Waals surface area contributed by atoms with Gasteiger partial charge in [0.15, 0.2) is 0 Å². The van der Waals surface area contributed by atoms with Crippen LogP contribution in [-0.4, -0.2) is 42.5 Å². The molecule has 0 aliphatic carbocycles. The molecule has 0 bridgehead atoms. The number of nitrogens with zero attached hydrogens (tertiary/aromatic N) is 1. The molecular formula is C14H21NO5S. The average molecular weight is 315 g/mol. The summed E-state index contributed by atoms with van der Waals surface area (Å²) in [4.78, 5) is 11.4. The van der Waals surface area contributed by atoms with E-state index < -0.39 is 21.5 Å². The molecule has 1 N–H and O–H groups in total. The van der Waals surface area contributed by atoms with E-state index >= 15 is 0 Å². The van der Waals surface area contributed by atoms with Gasteiger partial charge in [-0.25, -0.2) is 8.42 Å². The number of hydrogen-bond acceptors (Lipinski definition) is 4. The van der Waals surface area contributed by atoms with Crippen molar-refractivity contribution >= 4 is 16.0 Å². The van der Waals surface area contributed by atoms with Crippen molar-refractivity contribution < 1.29 is 23.1 Å². The minimum Gasteiger partial charge on any atom is -0.494 e. The summed E-state index contributed by atoms with van der Waals surface area (Å²) < 4.78 is 31.4. The summed E-state index contributed by atoms with van der Waals surface area (Å²) in [5.74, 6) is -0.629. The van der Waals surface area contributed by atoms with E-state index in [0.717, 1.165) is 4.31 Å². The van der Waals surface area contributed by atoms with Crippen molar-refractivity contribution in [2.24, 2.45) is 0 Å². The summed E-state index contributed by atoms with van der Waals surface area (Å²) in [5, 5.41) is 9.24. The number of sulfonamides is 1. The second-order valence-electron chi connectivity index (χ2n) is 4.94. The second kappa shape index (κ2) is 6.44. The van der Waals surface area contributed by atoms with Crippen LogP contribution in [-0.2, 0) is 14.8 Å². The van der Waals surface area contributed by atoms with Crippen molar-refractivity contribution in [2.75, 3.05) is 13.2 Å². The first-order chi connectivity index (χ1) is 9.67. The number of carboxylic acid groups (broad SMARTS) is 1. The molecule has 7 heteroatoms. The highest BCUT2D eigenvalue weighted by Gasteiger charge is 2.41. The molecule has 0 saturated carbocycles. The molecule has 21 heavy (non-hydrogen) atoms. The third-order valence-corrected chi connectivity index (χ3v) is 5.32. The third-order valence-electron chi connectivity index (χ3n) is 3.16. The zero-order valence-electron chi connectivity index (χ0n) is 12.7. The van der Waals surface area contributed by atoms with E-state index in [1.807, 2.05) is 6.92 Å². The van der Waals surface area contributed by atoms with Crippen LogP contribution < -0.4 is 4.74 Å². The number of carbonyl (C=O) groups is 1. The van der Waals surface area contributed by atoms with Gasteiger partial charge < -0.3 is 9.84 Å². The first kappa shape index (κ1) is 17.5. The second-order valence-corrected chi connectivity index (χ2v) is 6.80. The number of ether oxygens (including phenoxy) is 1. The van der Waals surface area contributed by atoms with Crippen molar-refractivity contribution in [3.05, 3.63) is 24.3 Å². The Bertz CT molecular complexity index is 592. The van der Waals surface area contributed by atoms with Gasteiger partial charge in [-0.2, -0.15) is 4.31 Å². The molecule has 1 aromatic rings. The summed E-state index contributed by atoms with van der Waals surface area (Å²) in [7, 11) is -3.89. The van der Waals surface area contributed by atoms with Crippen LogP contribution in [0.3, 0.4) is 0 Å². The Morgan fingerprint density at radius 2 is 1.76 bits per heavy atom. The van der Waals surface area contributed by atoms with Crippen molar-refractivity contribution in [1.82, 2.24) is 4.31 Å². The summed E-state index contributed by atoms with van der Waals surface area (Å²) in [5.41, 5.74) is -1.52. The maximum atomic E-state index is 12.6. The van der Waals surface area contributed by atoms with Crippen molar-refractivity contribution in [1.29, 1.82) is 0 Å². The molecule has 0 aliphatic rings.